The Hall–Kier alpha value is -3.10. The molecule has 0 bridgehead atoms. The molecule has 1 aromatic carbocycles. The number of hydrogen-bond donors (Lipinski definition) is 1. The van der Waals surface area contributed by atoms with Crippen LogP contribution in [-0.4, -0.2) is 80.2 Å². The van der Waals surface area contributed by atoms with Crippen LogP contribution in [-0.2, 0) is 14.3 Å². The van der Waals surface area contributed by atoms with E-state index in [2.05, 4.69) is 4.90 Å². The molecule has 2 fully saturated rings. The number of aliphatic hydroxyl groups excluding tert-OH is 1. The van der Waals surface area contributed by atoms with Gasteiger partial charge in [0.05, 0.1) is 39.0 Å². The molecule has 0 radical (unpaired) electrons. The lowest BCUT2D eigenvalue weighted by Crippen LogP contribution is -2.42. The van der Waals surface area contributed by atoms with Crippen LogP contribution in [0.3, 0.4) is 0 Å². The third kappa shape index (κ3) is 4.16. The van der Waals surface area contributed by atoms with Crippen LogP contribution in [0.4, 0.5) is 0 Å². The molecule has 0 saturated carbocycles. The number of carbonyl (C=O) groups excluding carboxylic acids is 2. The summed E-state index contributed by atoms with van der Waals surface area (Å²) < 4.78 is 16.2. The average Bonchev–Trinajstić information content (AvgIpc) is 3.45. The second-order valence-electron chi connectivity index (χ2n) is 7.89. The molecule has 1 unspecified atom stereocenters. The summed E-state index contributed by atoms with van der Waals surface area (Å²) in [4.78, 5) is 29.9. The van der Waals surface area contributed by atoms with Crippen molar-refractivity contribution in [3.8, 4) is 11.5 Å². The summed E-state index contributed by atoms with van der Waals surface area (Å²) in [7, 11) is 3.08. The maximum atomic E-state index is 13.1. The van der Waals surface area contributed by atoms with Crippen molar-refractivity contribution >= 4 is 11.7 Å². The third-order valence-electron chi connectivity index (χ3n) is 6.10. The zero-order valence-electron chi connectivity index (χ0n) is 18.4. The number of Topliss-reactive ketones (excluding diaryl/α,β-unsaturated/α-hetero) is 1. The number of likely N-dealkylation sites (tertiary alicyclic amines) is 1. The van der Waals surface area contributed by atoms with Crippen LogP contribution in [0.1, 0.15) is 18.0 Å². The lowest BCUT2D eigenvalue weighted by atomic mass is 9.94. The minimum absolute atomic E-state index is 0.110. The predicted molar refractivity (Wildman–Crippen MR) is 118 cm³/mol. The van der Waals surface area contributed by atoms with Gasteiger partial charge in [0, 0.05) is 26.2 Å². The van der Waals surface area contributed by atoms with Crippen molar-refractivity contribution in [1.82, 2.24) is 9.80 Å². The number of hydrogen-bond acceptors (Lipinski definition) is 7. The molecule has 3 aliphatic rings. The van der Waals surface area contributed by atoms with Crippen molar-refractivity contribution in [1.29, 1.82) is 0 Å². The van der Waals surface area contributed by atoms with Gasteiger partial charge in [0.15, 0.2) is 11.5 Å². The van der Waals surface area contributed by atoms with Crippen LogP contribution < -0.4 is 9.47 Å². The van der Waals surface area contributed by atoms with Gasteiger partial charge in [-0.05, 0) is 29.7 Å². The molecular formula is C24H28N2O6. The van der Waals surface area contributed by atoms with E-state index in [9.17, 15) is 14.7 Å². The Morgan fingerprint density at radius 3 is 2.53 bits per heavy atom. The number of allylic oxidation sites excluding steroid dienone is 4. The lowest BCUT2D eigenvalue weighted by molar-refractivity contribution is -0.140. The monoisotopic (exact) mass is 440 g/mol. The third-order valence-corrected chi connectivity index (χ3v) is 6.10. The summed E-state index contributed by atoms with van der Waals surface area (Å²) in [5, 5.41) is 11.0. The van der Waals surface area contributed by atoms with E-state index in [1.54, 1.807) is 36.3 Å². The number of carbonyl (C=O) groups is 2. The van der Waals surface area contributed by atoms with Gasteiger partial charge in [-0.25, -0.2) is 0 Å². The summed E-state index contributed by atoms with van der Waals surface area (Å²) in [6.07, 6.45) is 6.01. The van der Waals surface area contributed by atoms with Crippen molar-refractivity contribution in [3.05, 3.63) is 58.9 Å². The summed E-state index contributed by atoms with van der Waals surface area (Å²) in [6, 6.07) is 4.59. The normalized spacial score (nSPS) is 23.0. The number of ether oxygens (including phenoxy) is 3. The number of rotatable bonds is 7. The Kier molecular flexibility index (Phi) is 6.62. The quantitative estimate of drug-likeness (QED) is 0.395. The first-order valence-corrected chi connectivity index (χ1v) is 10.7. The summed E-state index contributed by atoms with van der Waals surface area (Å²) in [5.41, 5.74) is 1.41. The van der Waals surface area contributed by atoms with E-state index >= 15 is 0 Å². The summed E-state index contributed by atoms with van der Waals surface area (Å²) in [6.45, 7) is 3.84. The second kappa shape index (κ2) is 9.58. The summed E-state index contributed by atoms with van der Waals surface area (Å²) in [5.74, 6) is -0.361. The van der Waals surface area contributed by atoms with Gasteiger partial charge < -0.3 is 24.2 Å². The topological polar surface area (TPSA) is 88.5 Å². The van der Waals surface area contributed by atoms with Gasteiger partial charge in [-0.3, -0.25) is 14.5 Å². The van der Waals surface area contributed by atoms with E-state index < -0.39 is 17.7 Å². The number of ketones is 1. The van der Waals surface area contributed by atoms with Crippen molar-refractivity contribution in [3.63, 3.8) is 0 Å². The van der Waals surface area contributed by atoms with Crippen LogP contribution in [0.5, 0.6) is 11.5 Å². The highest BCUT2D eigenvalue weighted by Crippen LogP contribution is 2.41. The van der Waals surface area contributed by atoms with E-state index in [1.807, 2.05) is 12.2 Å². The fourth-order valence-electron chi connectivity index (χ4n) is 4.35. The van der Waals surface area contributed by atoms with Crippen LogP contribution in [0.15, 0.2) is 53.3 Å². The Morgan fingerprint density at radius 1 is 1.12 bits per heavy atom. The maximum absolute atomic E-state index is 13.1. The van der Waals surface area contributed by atoms with Gasteiger partial charge in [-0.15, -0.1) is 0 Å². The molecule has 2 saturated heterocycles. The van der Waals surface area contributed by atoms with Gasteiger partial charge in [0.1, 0.15) is 5.76 Å². The zero-order valence-corrected chi connectivity index (χ0v) is 18.4. The lowest BCUT2D eigenvalue weighted by Gasteiger charge is -2.31. The van der Waals surface area contributed by atoms with E-state index in [4.69, 9.17) is 14.2 Å². The van der Waals surface area contributed by atoms with Crippen molar-refractivity contribution in [2.24, 2.45) is 0 Å². The smallest absolute Gasteiger partial charge is 0.295 e. The first-order valence-electron chi connectivity index (χ1n) is 10.7. The van der Waals surface area contributed by atoms with E-state index in [0.29, 0.717) is 55.4 Å². The maximum Gasteiger partial charge on any atom is 0.295 e. The molecule has 1 atom stereocenters. The number of methoxy groups -OCH3 is 2. The Bertz CT molecular complexity index is 990. The largest absolute Gasteiger partial charge is 0.507 e. The molecule has 0 aromatic heterocycles. The molecule has 4 rings (SSSR count). The molecule has 1 N–H and O–H groups in total. The zero-order chi connectivity index (χ0) is 22.7. The Labute approximate surface area is 187 Å². The first kappa shape index (κ1) is 22.1. The van der Waals surface area contributed by atoms with Crippen molar-refractivity contribution < 1.29 is 28.9 Å². The standard InChI is InChI=1S/C24H28N2O6/c1-30-18-8-7-17(15-19(18)31-2)21-20(22(27)16-5-3-4-6-16)23(28)24(29)26(21)10-9-25-11-13-32-14-12-25/h3-5,7-8,15,21,27H,6,9-14H2,1-2H3. The number of morpholine rings is 1. The van der Waals surface area contributed by atoms with Gasteiger partial charge in [0.2, 0.25) is 0 Å². The van der Waals surface area contributed by atoms with Crippen LogP contribution in [0.25, 0.3) is 0 Å². The van der Waals surface area contributed by atoms with Crippen LogP contribution in [0.2, 0.25) is 0 Å². The van der Waals surface area contributed by atoms with E-state index in [-0.39, 0.29) is 11.3 Å². The molecule has 2 aliphatic heterocycles. The molecule has 8 nitrogen and oxygen atoms in total. The highest BCUT2D eigenvalue weighted by molar-refractivity contribution is 6.45. The summed E-state index contributed by atoms with van der Waals surface area (Å²) >= 11 is 0. The van der Waals surface area contributed by atoms with Crippen molar-refractivity contribution in [2.45, 2.75) is 12.5 Å². The molecule has 1 aromatic rings. The SMILES string of the molecule is COc1ccc(C2C(=C(O)C3=CC=CC3)C(=O)C(=O)N2CCN2CCOCC2)cc1OC. The first-order chi connectivity index (χ1) is 15.5. The van der Waals surface area contributed by atoms with Crippen LogP contribution in [0, 0.1) is 0 Å². The highest BCUT2D eigenvalue weighted by Gasteiger charge is 2.46. The number of amides is 1. The fourth-order valence-corrected chi connectivity index (χ4v) is 4.35. The van der Waals surface area contributed by atoms with Gasteiger partial charge >= 0.3 is 0 Å². The molecule has 1 aliphatic carbocycles. The predicted octanol–water partition coefficient (Wildman–Crippen LogP) is 2.19. The number of aliphatic hydroxyl groups is 1. The number of nitrogens with zero attached hydrogens (tertiary/aromatic N) is 2. The molecule has 1 amide bonds. The minimum atomic E-state index is -0.711. The minimum Gasteiger partial charge on any atom is -0.507 e. The highest BCUT2D eigenvalue weighted by atomic mass is 16.5. The molecule has 2 heterocycles. The van der Waals surface area contributed by atoms with E-state index in [1.165, 1.54) is 7.11 Å². The van der Waals surface area contributed by atoms with E-state index in [0.717, 1.165) is 13.1 Å². The fraction of sp³-hybridized carbons (Fsp3) is 0.417. The van der Waals surface area contributed by atoms with Gasteiger partial charge in [-0.1, -0.05) is 24.3 Å². The second-order valence-corrected chi connectivity index (χ2v) is 7.89. The van der Waals surface area contributed by atoms with Gasteiger partial charge in [-0.2, -0.15) is 0 Å². The van der Waals surface area contributed by atoms with Crippen molar-refractivity contribution in [2.75, 3.05) is 53.6 Å². The van der Waals surface area contributed by atoms with Crippen LogP contribution >= 0.6 is 0 Å². The molecular weight excluding hydrogens is 412 g/mol. The Balaban J connectivity index is 1.73. The molecule has 8 heteroatoms. The molecule has 0 spiro atoms. The molecule has 32 heavy (non-hydrogen) atoms. The number of benzene rings is 1. The molecule has 170 valence electrons. The van der Waals surface area contributed by atoms with Gasteiger partial charge in [0.25, 0.3) is 11.7 Å². The Morgan fingerprint density at radius 2 is 1.88 bits per heavy atom. The average molecular weight is 440 g/mol.